The summed E-state index contributed by atoms with van der Waals surface area (Å²) in [5.41, 5.74) is 5.79. The maximum atomic E-state index is 10.6. The van der Waals surface area contributed by atoms with Crippen molar-refractivity contribution in [2.24, 2.45) is 0 Å². The normalized spacial score (nSPS) is 12.5. The highest BCUT2D eigenvalue weighted by Gasteiger charge is 2.19. The van der Waals surface area contributed by atoms with Gasteiger partial charge in [-0.1, -0.05) is 23.4 Å². The highest BCUT2D eigenvalue weighted by atomic mass is 35.5. The minimum absolute atomic E-state index is 0.0873. The average molecular weight is 319 g/mol. The summed E-state index contributed by atoms with van der Waals surface area (Å²) in [5.74, 6) is -0.745. The number of aromatic nitrogens is 3. The van der Waals surface area contributed by atoms with Crippen LogP contribution in [0.5, 0.6) is 0 Å². The fraction of sp³-hybridized carbons (Fsp3) is 0.300. The molecule has 0 radical (unpaired) electrons. The number of aliphatic carboxylic acids is 1. The molecule has 0 amide bonds. The van der Waals surface area contributed by atoms with Crippen LogP contribution < -0.4 is 5.73 Å². The lowest BCUT2D eigenvalue weighted by Gasteiger charge is -2.14. The van der Waals surface area contributed by atoms with E-state index in [0.29, 0.717) is 9.49 Å². The summed E-state index contributed by atoms with van der Waals surface area (Å²) in [4.78, 5) is 11.6. The summed E-state index contributed by atoms with van der Waals surface area (Å²) in [6.07, 6.45) is 0. The molecule has 3 N–H and O–H groups in total. The zero-order chi connectivity index (χ0) is 14.0. The third-order valence-electron chi connectivity index (χ3n) is 2.41. The molecule has 0 aromatic carbocycles. The zero-order valence-electron chi connectivity index (χ0n) is 9.91. The van der Waals surface area contributed by atoms with Crippen molar-refractivity contribution in [3.8, 4) is 0 Å². The number of hydrogen-bond acceptors (Lipinski definition) is 6. The summed E-state index contributed by atoms with van der Waals surface area (Å²) in [5, 5.41) is 16.9. The zero-order valence-corrected chi connectivity index (χ0v) is 12.3. The monoisotopic (exact) mass is 318 g/mol. The number of nitrogen functional groups attached to an aromatic ring is 1. The predicted octanol–water partition coefficient (Wildman–Crippen LogP) is 2.36. The van der Waals surface area contributed by atoms with Gasteiger partial charge >= 0.3 is 5.97 Å². The van der Waals surface area contributed by atoms with E-state index in [1.807, 2.05) is 19.1 Å². The van der Waals surface area contributed by atoms with E-state index in [4.69, 9.17) is 22.4 Å². The number of carbonyl (C=O) groups is 1. The van der Waals surface area contributed by atoms with Gasteiger partial charge < -0.3 is 10.8 Å². The molecule has 0 spiro atoms. The minimum atomic E-state index is -0.912. The summed E-state index contributed by atoms with van der Waals surface area (Å²) >= 11 is 8.44. The molecule has 102 valence electrons. The Balaban J connectivity index is 2.27. The summed E-state index contributed by atoms with van der Waals surface area (Å²) in [7, 11) is 0. The Bertz CT molecular complexity index is 598. The van der Waals surface area contributed by atoms with Gasteiger partial charge in [-0.15, -0.1) is 21.5 Å². The van der Waals surface area contributed by atoms with E-state index in [9.17, 15) is 4.79 Å². The van der Waals surface area contributed by atoms with Crippen molar-refractivity contribution in [1.29, 1.82) is 0 Å². The van der Waals surface area contributed by atoms with Gasteiger partial charge in [0.05, 0.1) is 16.1 Å². The Morgan fingerprint density at radius 1 is 1.63 bits per heavy atom. The van der Waals surface area contributed by atoms with Crippen molar-refractivity contribution < 1.29 is 9.90 Å². The molecule has 1 atom stereocenters. The van der Waals surface area contributed by atoms with Gasteiger partial charge in [0, 0.05) is 4.88 Å². The molecule has 19 heavy (non-hydrogen) atoms. The molecule has 2 rings (SSSR count). The van der Waals surface area contributed by atoms with Crippen LogP contribution in [0, 0.1) is 0 Å². The molecule has 0 fully saturated rings. The first-order valence-electron chi connectivity index (χ1n) is 5.29. The first kappa shape index (κ1) is 14.2. The Kier molecular flexibility index (Phi) is 4.33. The van der Waals surface area contributed by atoms with Crippen LogP contribution in [-0.2, 0) is 4.79 Å². The molecule has 0 aliphatic heterocycles. The SMILES string of the molecule is CC(c1ccc(Cl)s1)n1c(N)nnc1SCC(=O)O. The maximum absolute atomic E-state index is 10.6. The van der Waals surface area contributed by atoms with Gasteiger partial charge in [-0.3, -0.25) is 9.36 Å². The molecule has 0 saturated heterocycles. The number of anilines is 1. The quantitative estimate of drug-likeness (QED) is 0.822. The van der Waals surface area contributed by atoms with Gasteiger partial charge in [-0.05, 0) is 19.1 Å². The molecule has 6 nitrogen and oxygen atoms in total. The lowest BCUT2D eigenvalue weighted by molar-refractivity contribution is -0.133. The van der Waals surface area contributed by atoms with E-state index in [1.165, 1.54) is 11.3 Å². The van der Waals surface area contributed by atoms with Crippen molar-refractivity contribution in [2.75, 3.05) is 11.5 Å². The molecular weight excluding hydrogens is 308 g/mol. The Morgan fingerprint density at radius 3 is 2.95 bits per heavy atom. The number of nitrogens with zero attached hydrogens (tertiary/aromatic N) is 3. The molecular formula is C10H11ClN4O2S2. The Labute approximate surface area is 122 Å². The van der Waals surface area contributed by atoms with Gasteiger partial charge in [0.2, 0.25) is 5.95 Å². The number of thioether (sulfide) groups is 1. The Hall–Kier alpha value is -1.25. The fourth-order valence-corrected chi connectivity index (χ4v) is 3.40. The predicted molar refractivity (Wildman–Crippen MR) is 75.9 cm³/mol. The average Bonchev–Trinajstić information content (AvgIpc) is 2.92. The number of carboxylic acids is 1. The molecule has 9 heteroatoms. The molecule has 2 heterocycles. The highest BCUT2D eigenvalue weighted by Crippen LogP contribution is 2.32. The van der Waals surface area contributed by atoms with E-state index in [1.54, 1.807) is 4.57 Å². The van der Waals surface area contributed by atoms with Gasteiger partial charge in [0.15, 0.2) is 5.16 Å². The van der Waals surface area contributed by atoms with Crippen LogP contribution in [0.15, 0.2) is 17.3 Å². The third kappa shape index (κ3) is 3.20. The minimum Gasteiger partial charge on any atom is -0.481 e. The van der Waals surface area contributed by atoms with E-state index in [-0.39, 0.29) is 17.7 Å². The number of carboxylic acid groups (broad SMARTS) is 1. The summed E-state index contributed by atoms with van der Waals surface area (Å²) < 4.78 is 2.39. The van der Waals surface area contributed by atoms with Crippen molar-refractivity contribution >= 4 is 46.6 Å². The second-order valence-corrected chi connectivity index (χ2v) is 6.40. The van der Waals surface area contributed by atoms with Crippen LogP contribution in [0.3, 0.4) is 0 Å². The van der Waals surface area contributed by atoms with E-state index >= 15 is 0 Å². The second kappa shape index (κ2) is 5.81. The van der Waals surface area contributed by atoms with Crippen LogP contribution in [0.25, 0.3) is 0 Å². The van der Waals surface area contributed by atoms with Gasteiger partial charge in [-0.25, -0.2) is 0 Å². The molecule has 1 unspecified atom stereocenters. The van der Waals surface area contributed by atoms with Crippen LogP contribution >= 0.6 is 34.7 Å². The second-order valence-electron chi connectivity index (χ2n) is 3.71. The van der Waals surface area contributed by atoms with Crippen molar-refractivity contribution in [3.63, 3.8) is 0 Å². The van der Waals surface area contributed by atoms with Gasteiger partial charge in [0.25, 0.3) is 0 Å². The van der Waals surface area contributed by atoms with Crippen LogP contribution in [0.2, 0.25) is 4.34 Å². The largest absolute Gasteiger partial charge is 0.481 e. The van der Waals surface area contributed by atoms with Crippen molar-refractivity contribution in [1.82, 2.24) is 14.8 Å². The van der Waals surface area contributed by atoms with Crippen molar-refractivity contribution in [3.05, 3.63) is 21.3 Å². The third-order valence-corrected chi connectivity index (χ3v) is 4.74. The maximum Gasteiger partial charge on any atom is 0.313 e. The first-order valence-corrected chi connectivity index (χ1v) is 7.47. The Morgan fingerprint density at radius 2 is 2.37 bits per heavy atom. The fourth-order valence-electron chi connectivity index (χ4n) is 1.56. The molecule has 2 aromatic heterocycles. The van der Waals surface area contributed by atoms with Gasteiger partial charge in [-0.2, -0.15) is 0 Å². The number of hydrogen-bond donors (Lipinski definition) is 2. The van der Waals surface area contributed by atoms with E-state index in [2.05, 4.69) is 10.2 Å². The number of thiophene rings is 1. The summed E-state index contributed by atoms with van der Waals surface area (Å²) in [6.45, 7) is 1.94. The number of nitrogens with two attached hydrogens (primary N) is 1. The molecule has 0 bridgehead atoms. The lowest BCUT2D eigenvalue weighted by atomic mass is 10.3. The topological polar surface area (TPSA) is 94.0 Å². The number of rotatable bonds is 5. The number of halogens is 1. The molecule has 0 aliphatic carbocycles. The van der Waals surface area contributed by atoms with E-state index < -0.39 is 5.97 Å². The van der Waals surface area contributed by atoms with Gasteiger partial charge in [0.1, 0.15) is 0 Å². The highest BCUT2D eigenvalue weighted by molar-refractivity contribution is 7.99. The van der Waals surface area contributed by atoms with Crippen LogP contribution in [0.4, 0.5) is 5.95 Å². The van der Waals surface area contributed by atoms with Crippen molar-refractivity contribution in [2.45, 2.75) is 18.1 Å². The smallest absolute Gasteiger partial charge is 0.313 e. The molecule has 0 saturated carbocycles. The molecule has 0 aliphatic rings. The van der Waals surface area contributed by atoms with Crippen LogP contribution in [0.1, 0.15) is 17.8 Å². The molecule has 2 aromatic rings. The van der Waals surface area contributed by atoms with Crippen LogP contribution in [-0.4, -0.2) is 31.6 Å². The lowest BCUT2D eigenvalue weighted by Crippen LogP contribution is -2.11. The standard InChI is InChI=1S/C10H11ClN4O2S2/c1-5(6-2-3-7(11)19-6)15-9(12)13-14-10(15)18-4-8(16)17/h2-3,5H,4H2,1H3,(H2,12,13)(H,16,17). The van der Waals surface area contributed by atoms with E-state index in [0.717, 1.165) is 16.6 Å². The first-order chi connectivity index (χ1) is 8.99. The summed E-state index contributed by atoms with van der Waals surface area (Å²) in [6, 6.07) is 3.62.